The largest absolute Gasteiger partial charge is 0.350 e. The standard InChI is InChI=1S/C22H20N4O5/c1-13(27)23-14-6-8-15(9-7-14)24-19-11-10-16(12-20(19)26(30)31)25-21(28)17-4-2-3-5-18(17)22(25)29/h2-3,6-12,17-18,24H,4-5H2,1H3,(H,23,27). The predicted octanol–water partition coefficient (Wildman–Crippen LogP) is 3.75. The van der Waals surface area contributed by atoms with Gasteiger partial charge in [0.1, 0.15) is 5.69 Å². The molecule has 3 amide bonds. The molecule has 1 aliphatic carbocycles. The summed E-state index contributed by atoms with van der Waals surface area (Å²) >= 11 is 0. The van der Waals surface area contributed by atoms with Crippen molar-refractivity contribution in [1.29, 1.82) is 0 Å². The number of benzene rings is 2. The summed E-state index contributed by atoms with van der Waals surface area (Å²) in [5.41, 5.74) is 1.35. The lowest BCUT2D eigenvalue weighted by Gasteiger charge is -2.16. The topological polar surface area (TPSA) is 122 Å². The number of nitrogens with one attached hydrogen (secondary N) is 2. The van der Waals surface area contributed by atoms with E-state index in [-0.39, 0.29) is 34.8 Å². The number of carbonyl (C=O) groups is 3. The lowest BCUT2D eigenvalue weighted by Crippen LogP contribution is -2.30. The summed E-state index contributed by atoms with van der Waals surface area (Å²) < 4.78 is 0. The molecule has 0 spiro atoms. The fraction of sp³-hybridized carbons (Fsp3) is 0.227. The zero-order valence-electron chi connectivity index (χ0n) is 16.7. The third-order valence-corrected chi connectivity index (χ3v) is 5.43. The van der Waals surface area contributed by atoms with E-state index in [9.17, 15) is 24.5 Å². The lowest BCUT2D eigenvalue weighted by molar-refractivity contribution is -0.383. The Morgan fingerprint density at radius 2 is 1.58 bits per heavy atom. The molecule has 2 unspecified atom stereocenters. The minimum atomic E-state index is -0.558. The molecule has 4 rings (SSSR count). The molecule has 2 aromatic rings. The molecule has 1 heterocycles. The van der Waals surface area contributed by atoms with Crippen LogP contribution in [0.5, 0.6) is 0 Å². The molecular weight excluding hydrogens is 400 g/mol. The van der Waals surface area contributed by atoms with E-state index < -0.39 is 16.8 Å². The Morgan fingerprint density at radius 1 is 1.00 bits per heavy atom. The molecule has 0 aromatic heterocycles. The van der Waals surface area contributed by atoms with Gasteiger partial charge in [-0.2, -0.15) is 0 Å². The van der Waals surface area contributed by atoms with E-state index in [1.165, 1.54) is 25.1 Å². The van der Waals surface area contributed by atoms with Gasteiger partial charge in [0.25, 0.3) is 5.69 Å². The van der Waals surface area contributed by atoms with Gasteiger partial charge in [0.05, 0.1) is 22.4 Å². The maximum absolute atomic E-state index is 12.8. The molecule has 1 aliphatic heterocycles. The van der Waals surface area contributed by atoms with Crippen molar-refractivity contribution in [3.63, 3.8) is 0 Å². The summed E-state index contributed by atoms with van der Waals surface area (Å²) in [5.74, 6) is -1.65. The second kappa shape index (κ2) is 8.02. The molecule has 31 heavy (non-hydrogen) atoms. The molecule has 0 saturated carbocycles. The van der Waals surface area contributed by atoms with E-state index in [4.69, 9.17) is 0 Å². The summed E-state index contributed by atoms with van der Waals surface area (Å²) in [7, 11) is 0. The zero-order valence-corrected chi connectivity index (χ0v) is 16.7. The second-order valence-corrected chi connectivity index (χ2v) is 7.51. The molecule has 2 aliphatic rings. The molecule has 1 saturated heterocycles. The average molecular weight is 420 g/mol. The number of nitrogens with zero attached hydrogens (tertiary/aromatic N) is 2. The van der Waals surface area contributed by atoms with Crippen LogP contribution in [0.2, 0.25) is 0 Å². The minimum Gasteiger partial charge on any atom is -0.350 e. The number of nitro benzene ring substituents is 1. The van der Waals surface area contributed by atoms with E-state index in [1.54, 1.807) is 24.3 Å². The fourth-order valence-corrected chi connectivity index (χ4v) is 3.97. The number of rotatable bonds is 5. The van der Waals surface area contributed by atoms with Crippen LogP contribution < -0.4 is 15.5 Å². The van der Waals surface area contributed by atoms with Crippen molar-refractivity contribution >= 4 is 46.2 Å². The highest BCUT2D eigenvalue weighted by Crippen LogP contribution is 2.40. The second-order valence-electron chi connectivity index (χ2n) is 7.51. The number of hydrogen-bond acceptors (Lipinski definition) is 6. The van der Waals surface area contributed by atoms with Crippen LogP contribution in [-0.2, 0) is 14.4 Å². The number of amides is 3. The first-order valence-electron chi connectivity index (χ1n) is 9.81. The summed E-state index contributed by atoms with van der Waals surface area (Å²) in [6.07, 6.45) is 4.79. The van der Waals surface area contributed by atoms with Crippen LogP contribution in [0.25, 0.3) is 0 Å². The van der Waals surface area contributed by atoms with Crippen LogP contribution in [0, 0.1) is 22.0 Å². The molecule has 2 aromatic carbocycles. The van der Waals surface area contributed by atoms with Crippen molar-refractivity contribution < 1.29 is 19.3 Å². The molecule has 9 heteroatoms. The molecule has 158 valence electrons. The first kappa shape index (κ1) is 20.3. The zero-order chi connectivity index (χ0) is 22.1. The Kier molecular flexibility index (Phi) is 5.24. The molecular formula is C22H20N4O5. The minimum absolute atomic E-state index is 0.197. The molecule has 0 radical (unpaired) electrons. The number of carbonyl (C=O) groups excluding carboxylic acids is 3. The molecule has 0 bridgehead atoms. The van der Waals surface area contributed by atoms with E-state index in [0.29, 0.717) is 24.2 Å². The van der Waals surface area contributed by atoms with Crippen molar-refractivity contribution in [2.45, 2.75) is 19.8 Å². The van der Waals surface area contributed by atoms with Crippen LogP contribution >= 0.6 is 0 Å². The van der Waals surface area contributed by atoms with E-state index in [1.807, 2.05) is 12.2 Å². The van der Waals surface area contributed by atoms with Crippen LogP contribution in [0.3, 0.4) is 0 Å². The highest BCUT2D eigenvalue weighted by Gasteiger charge is 2.48. The molecule has 1 fully saturated rings. The quantitative estimate of drug-likeness (QED) is 0.329. The van der Waals surface area contributed by atoms with Crippen molar-refractivity contribution in [3.8, 4) is 0 Å². The maximum atomic E-state index is 12.8. The van der Waals surface area contributed by atoms with Crippen LogP contribution in [0.4, 0.5) is 28.4 Å². The number of allylic oxidation sites excluding steroid dienone is 2. The number of imide groups is 1. The molecule has 9 nitrogen and oxygen atoms in total. The SMILES string of the molecule is CC(=O)Nc1ccc(Nc2ccc(N3C(=O)C4CC=CCC4C3=O)cc2[N+](=O)[O-])cc1. The third-order valence-electron chi connectivity index (χ3n) is 5.43. The third kappa shape index (κ3) is 3.89. The Labute approximate surface area is 177 Å². The van der Waals surface area contributed by atoms with Crippen molar-refractivity contribution in [2.75, 3.05) is 15.5 Å². The van der Waals surface area contributed by atoms with Crippen molar-refractivity contribution in [1.82, 2.24) is 0 Å². The van der Waals surface area contributed by atoms with Gasteiger partial charge in [0, 0.05) is 24.4 Å². The van der Waals surface area contributed by atoms with Gasteiger partial charge in [0.15, 0.2) is 0 Å². The first-order valence-corrected chi connectivity index (χ1v) is 9.81. The van der Waals surface area contributed by atoms with E-state index in [2.05, 4.69) is 10.6 Å². The average Bonchev–Trinajstić information content (AvgIpc) is 3.00. The van der Waals surface area contributed by atoms with Crippen molar-refractivity contribution in [3.05, 3.63) is 64.7 Å². The summed E-state index contributed by atoms with van der Waals surface area (Å²) in [6.45, 7) is 1.40. The lowest BCUT2D eigenvalue weighted by atomic mass is 9.85. The van der Waals surface area contributed by atoms with Gasteiger partial charge in [-0.3, -0.25) is 24.5 Å². The van der Waals surface area contributed by atoms with Crippen molar-refractivity contribution in [2.24, 2.45) is 11.8 Å². The van der Waals surface area contributed by atoms with Crippen LogP contribution in [0.15, 0.2) is 54.6 Å². The Hall–Kier alpha value is -4.01. The number of fused-ring (bicyclic) bond motifs is 1. The highest BCUT2D eigenvalue weighted by atomic mass is 16.6. The number of anilines is 4. The summed E-state index contributed by atoms with van der Waals surface area (Å²) in [4.78, 5) is 48.9. The summed E-state index contributed by atoms with van der Waals surface area (Å²) in [5, 5.41) is 17.3. The van der Waals surface area contributed by atoms with Gasteiger partial charge in [-0.15, -0.1) is 0 Å². The number of hydrogen-bond donors (Lipinski definition) is 2. The molecule has 2 N–H and O–H groups in total. The predicted molar refractivity (Wildman–Crippen MR) is 115 cm³/mol. The van der Waals surface area contributed by atoms with Gasteiger partial charge in [-0.05, 0) is 49.2 Å². The smallest absolute Gasteiger partial charge is 0.294 e. The maximum Gasteiger partial charge on any atom is 0.294 e. The monoisotopic (exact) mass is 420 g/mol. The highest BCUT2D eigenvalue weighted by molar-refractivity contribution is 6.22. The number of nitro groups is 1. The van der Waals surface area contributed by atoms with Gasteiger partial charge in [-0.1, -0.05) is 12.2 Å². The van der Waals surface area contributed by atoms with Crippen LogP contribution in [0.1, 0.15) is 19.8 Å². The van der Waals surface area contributed by atoms with Gasteiger partial charge in [0.2, 0.25) is 17.7 Å². The molecule has 2 atom stereocenters. The summed E-state index contributed by atoms with van der Waals surface area (Å²) in [6, 6.07) is 10.9. The van der Waals surface area contributed by atoms with Gasteiger partial charge in [-0.25, -0.2) is 4.90 Å². The van der Waals surface area contributed by atoms with Gasteiger partial charge >= 0.3 is 0 Å². The Balaban J connectivity index is 1.60. The first-order chi connectivity index (χ1) is 14.8. The van der Waals surface area contributed by atoms with E-state index in [0.717, 1.165) is 4.90 Å². The Bertz CT molecular complexity index is 1080. The Morgan fingerprint density at radius 3 is 2.13 bits per heavy atom. The van der Waals surface area contributed by atoms with Gasteiger partial charge < -0.3 is 10.6 Å². The normalized spacial score (nSPS) is 19.8. The van der Waals surface area contributed by atoms with Crippen LogP contribution in [-0.4, -0.2) is 22.6 Å². The van der Waals surface area contributed by atoms with E-state index >= 15 is 0 Å². The fourth-order valence-electron chi connectivity index (χ4n) is 3.97.